The fourth-order valence-corrected chi connectivity index (χ4v) is 2.74. The molecule has 0 aliphatic rings. The van der Waals surface area contributed by atoms with Gasteiger partial charge in [-0.05, 0) is 18.6 Å². The second-order valence-electron chi connectivity index (χ2n) is 4.22. The van der Waals surface area contributed by atoms with Crippen molar-refractivity contribution in [3.63, 3.8) is 0 Å². The maximum absolute atomic E-state index is 11.8. The Balaban J connectivity index is 2.27. The molecule has 96 valence electrons. The van der Waals surface area contributed by atoms with Gasteiger partial charge in [-0.2, -0.15) is 0 Å². The number of rotatable bonds is 8. The van der Waals surface area contributed by atoms with Crippen LogP contribution in [-0.4, -0.2) is 17.4 Å². The van der Waals surface area contributed by atoms with E-state index in [2.05, 4.69) is 6.92 Å². The molecule has 0 saturated heterocycles. The first-order valence-corrected chi connectivity index (χ1v) is 8.16. The molecule has 1 unspecified atom stereocenters. The lowest BCUT2D eigenvalue weighted by molar-refractivity contribution is 0.349. The summed E-state index contributed by atoms with van der Waals surface area (Å²) in [6, 6.07) is 9.15. The third kappa shape index (κ3) is 6.50. The zero-order chi connectivity index (χ0) is 12.6. The zero-order valence-electron chi connectivity index (χ0n) is 10.3. The van der Waals surface area contributed by atoms with E-state index in [1.807, 2.05) is 18.2 Å². The average Bonchev–Trinajstić information content (AvgIpc) is 2.34. The zero-order valence-corrected chi connectivity index (χ0v) is 11.2. The van der Waals surface area contributed by atoms with Crippen molar-refractivity contribution in [2.24, 2.45) is 0 Å². The maximum Gasteiger partial charge on any atom is 0.236 e. The Morgan fingerprint density at radius 3 is 2.53 bits per heavy atom. The molecular weight excluding hydrogens is 235 g/mol. The van der Waals surface area contributed by atoms with E-state index in [0.29, 0.717) is 11.9 Å². The second-order valence-corrected chi connectivity index (χ2v) is 6.62. The highest BCUT2D eigenvalue weighted by Gasteiger charge is 2.18. The van der Waals surface area contributed by atoms with Gasteiger partial charge < -0.3 is 9.63 Å². The molecule has 0 saturated carbocycles. The van der Waals surface area contributed by atoms with Crippen LogP contribution >= 0.6 is 7.37 Å². The molecule has 0 heterocycles. The molecule has 0 aliphatic carbocycles. The third-order valence-electron chi connectivity index (χ3n) is 2.54. The summed E-state index contributed by atoms with van der Waals surface area (Å²) in [5, 5.41) is 0. The smallest absolute Gasteiger partial charge is 0.236 e. The first kappa shape index (κ1) is 14.3. The highest BCUT2D eigenvalue weighted by molar-refractivity contribution is 7.57. The van der Waals surface area contributed by atoms with Crippen molar-refractivity contribution in [3.8, 4) is 5.75 Å². The van der Waals surface area contributed by atoms with Crippen LogP contribution in [0.3, 0.4) is 0 Å². The minimum absolute atomic E-state index is 0.0802. The van der Waals surface area contributed by atoms with Crippen LogP contribution in [0.15, 0.2) is 30.3 Å². The van der Waals surface area contributed by atoms with Gasteiger partial charge in [0.05, 0.1) is 0 Å². The van der Waals surface area contributed by atoms with Crippen molar-refractivity contribution < 1.29 is 14.2 Å². The van der Waals surface area contributed by atoms with Crippen LogP contribution in [0.25, 0.3) is 0 Å². The quantitative estimate of drug-likeness (QED) is 0.567. The number of para-hydroxylation sites is 1. The molecule has 1 N–H and O–H groups in total. The van der Waals surface area contributed by atoms with Crippen molar-refractivity contribution in [2.75, 3.05) is 12.5 Å². The standard InChI is InChI=1S/C13H21O3P/c1-2-3-4-8-11-17(14,15)12-16-13-9-6-5-7-10-13/h5-7,9-10H,2-4,8,11-12H2,1H3,(H,14,15). The predicted octanol–water partition coefficient (Wildman–Crippen LogP) is 3.87. The van der Waals surface area contributed by atoms with Gasteiger partial charge in [-0.1, -0.05) is 44.4 Å². The lowest BCUT2D eigenvalue weighted by Gasteiger charge is -2.12. The molecule has 1 aromatic rings. The van der Waals surface area contributed by atoms with E-state index in [0.717, 1.165) is 25.7 Å². The molecule has 0 spiro atoms. The largest absolute Gasteiger partial charge is 0.484 e. The molecule has 0 bridgehead atoms. The van der Waals surface area contributed by atoms with Gasteiger partial charge in [-0.25, -0.2) is 0 Å². The number of hydrogen-bond donors (Lipinski definition) is 1. The molecule has 0 aliphatic heterocycles. The Bertz CT molecular complexity index is 351. The van der Waals surface area contributed by atoms with Gasteiger partial charge in [-0.15, -0.1) is 0 Å². The van der Waals surface area contributed by atoms with Crippen molar-refractivity contribution in [2.45, 2.75) is 32.6 Å². The summed E-state index contributed by atoms with van der Waals surface area (Å²) in [6.07, 6.45) is 4.37. The Kier molecular flexibility index (Phi) is 6.31. The van der Waals surface area contributed by atoms with E-state index in [9.17, 15) is 9.46 Å². The molecule has 3 nitrogen and oxygen atoms in total. The topological polar surface area (TPSA) is 46.5 Å². The van der Waals surface area contributed by atoms with Crippen LogP contribution in [0.1, 0.15) is 32.6 Å². The highest BCUT2D eigenvalue weighted by Crippen LogP contribution is 2.41. The van der Waals surface area contributed by atoms with Gasteiger partial charge in [-0.3, -0.25) is 4.57 Å². The molecule has 1 atom stereocenters. The summed E-state index contributed by atoms with van der Waals surface area (Å²) >= 11 is 0. The van der Waals surface area contributed by atoms with E-state index in [-0.39, 0.29) is 6.35 Å². The molecular formula is C13H21O3P. The van der Waals surface area contributed by atoms with Gasteiger partial charge in [0.25, 0.3) is 0 Å². The monoisotopic (exact) mass is 256 g/mol. The minimum Gasteiger partial charge on any atom is -0.484 e. The Labute approximate surface area is 103 Å². The van der Waals surface area contributed by atoms with Crippen LogP contribution < -0.4 is 4.74 Å². The van der Waals surface area contributed by atoms with Gasteiger partial charge in [0.15, 0.2) is 6.35 Å². The van der Waals surface area contributed by atoms with Crippen molar-refractivity contribution in [1.29, 1.82) is 0 Å². The number of hydrogen-bond acceptors (Lipinski definition) is 2. The van der Waals surface area contributed by atoms with Crippen molar-refractivity contribution >= 4 is 7.37 Å². The summed E-state index contributed by atoms with van der Waals surface area (Å²) < 4.78 is 17.1. The Morgan fingerprint density at radius 1 is 1.18 bits per heavy atom. The van der Waals surface area contributed by atoms with E-state index >= 15 is 0 Å². The summed E-state index contributed by atoms with van der Waals surface area (Å²) in [4.78, 5) is 9.71. The molecule has 17 heavy (non-hydrogen) atoms. The number of unbranched alkanes of at least 4 members (excludes halogenated alkanes) is 3. The summed E-state index contributed by atoms with van der Waals surface area (Å²) in [6.45, 7) is 2.12. The fraction of sp³-hybridized carbons (Fsp3) is 0.538. The van der Waals surface area contributed by atoms with Gasteiger partial charge >= 0.3 is 0 Å². The molecule has 0 fully saturated rings. The van der Waals surface area contributed by atoms with E-state index in [1.54, 1.807) is 12.1 Å². The van der Waals surface area contributed by atoms with Gasteiger partial charge in [0.2, 0.25) is 7.37 Å². The van der Waals surface area contributed by atoms with Crippen LogP contribution in [0, 0.1) is 0 Å². The first-order chi connectivity index (χ1) is 8.14. The highest BCUT2D eigenvalue weighted by atomic mass is 31.2. The molecule has 0 radical (unpaired) electrons. The molecule has 0 aromatic heterocycles. The van der Waals surface area contributed by atoms with Crippen molar-refractivity contribution in [1.82, 2.24) is 0 Å². The summed E-state index contributed by atoms with van der Waals surface area (Å²) in [5.74, 6) is 0.648. The van der Waals surface area contributed by atoms with Crippen LogP contribution in [-0.2, 0) is 4.57 Å². The average molecular weight is 256 g/mol. The van der Waals surface area contributed by atoms with Crippen molar-refractivity contribution in [3.05, 3.63) is 30.3 Å². The molecule has 1 aromatic carbocycles. The molecule has 0 amide bonds. The Morgan fingerprint density at radius 2 is 1.88 bits per heavy atom. The number of ether oxygens (including phenoxy) is 1. The van der Waals surface area contributed by atoms with Gasteiger partial charge in [0, 0.05) is 6.16 Å². The normalized spacial score (nSPS) is 14.2. The SMILES string of the molecule is CCCCCCP(=O)(O)COc1ccccc1. The van der Waals surface area contributed by atoms with Crippen LogP contribution in [0.5, 0.6) is 5.75 Å². The predicted molar refractivity (Wildman–Crippen MR) is 70.8 cm³/mol. The Hall–Kier alpha value is -0.790. The maximum atomic E-state index is 11.8. The lowest BCUT2D eigenvalue weighted by Crippen LogP contribution is -2.02. The van der Waals surface area contributed by atoms with Gasteiger partial charge in [0.1, 0.15) is 5.75 Å². The second kappa shape index (κ2) is 7.52. The number of benzene rings is 1. The third-order valence-corrected chi connectivity index (χ3v) is 4.08. The lowest BCUT2D eigenvalue weighted by atomic mass is 10.2. The molecule has 1 rings (SSSR count). The summed E-state index contributed by atoms with van der Waals surface area (Å²) in [7, 11) is -3.12. The van der Waals surface area contributed by atoms with Crippen LogP contribution in [0.2, 0.25) is 0 Å². The van der Waals surface area contributed by atoms with E-state index < -0.39 is 7.37 Å². The fourth-order valence-electron chi connectivity index (χ4n) is 1.54. The van der Waals surface area contributed by atoms with E-state index in [1.165, 1.54) is 0 Å². The van der Waals surface area contributed by atoms with Crippen LogP contribution in [0.4, 0.5) is 0 Å². The van der Waals surface area contributed by atoms with E-state index in [4.69, 9.17) is 4.74 Å². The first-order valence-electron chi connectivity index (χ1n) is 6.13. The minimum atomic E-state index is -3.12. The molecule has 4 heteroatoms. The summed E-state index contributed by atoms with van der Waals surface area (Å²) in [5.41, 5.74) is 0.